The number of anilines is 1. The van der Waals surface area contributed by atoms with Gasteiger partial charge in [-0.1, -0.05) is 17.7 Å². The highest BCUT2D eigenvalue weighted by molar-refractivity contribution is 5.72. The van der Waals surface area contributed by atoms with Crippen molar-refractivity contribution in [2.24, 2.45) is 5.73 Å². The van der Waals surface area contributed by atoms with Crippen LogP contribution in [0.2, 0.25) is 0 Å². The normalized spacial score (nSPS) is 16.9. The summed E-state index contributed by atoms with van der Waals surface area (Å²) in [7, 11) is 0. The molecule has 92 valence electrons. The van der Waals surface area contributed by atoms with Gasteiger partial charge in [0.15, 0.2) is 0 Å². The van der Waals surface area contributed by atoms with Gasteiger partial charge >= 0.3 is 6.03 Å². The minimum absolute atomic E-state index is 0.307. The van der Waals surface area contributed by atoms with Crippen LogP contribution in [0.5, 0.6) is 0 Å². The van der Waals surface area contributed by atoms with E-state index >= 15 is 0 Å². The minimum Gasteiger partial charge on any atom is -0.382 e. The molecule has 0 aromatic heterocycles. The summed E-state index contributed by atoms with van der Waals surface area (Å²) in [5, 5.41) is 3.49. The SMILES string of the molecule is Cc1ccc(NC2CCN(C(N)=O)CC2)cc1. The monoisotopic (exact) mass is 233 g/mol. The summed E-state index contributed by atoms with van der Waals surface area (Å²) in [4.78, 5) is 12.7. The number of rotatable bonds is 2. The lowest BCUT2D eigenvalue weighted by Gasteiger charge is -2.31. The molecule has 1 fully saturated rings. The molecule has 0 radical (unpaired) electrons. The Morgan fingerprint density at radius 2 is 1.88 bits per heavy atom. The summed E-state index contributed by atoms with van der Waals surface area (Å²) in [5.74, 6) is 0. The standard InChI is InChI=1S/C13H19N3O/c1-10-2-4-11(5-3-10)15-12-6-8-16(9-7-12)13(14)17/h2-5,12,15H,6-9H2,1H3,(H2,14,17). The fourth-order valence-corrected chi connectivity index (χ4v) is 2.13. The molecule has 4 heteroatoms. The quantitative estimate of drug-likeness (QED) is 0.820. The van der Waals surface area contributed by atoms with E-state index in [2.05, 4.69) is 36.5 Å². The third-order valence-corrected chi connectivity index (χ3v) is 3.23. The molecule has 0 aliphatic carbocycles. The highest BCUT2D eigenvalue weighted by Gasteiger charge is 2.20. The number of nitrogens with zero attached hydrogens (tertiary/aromatic N) is 1. The first-order chi connectivity index (χ1) is 8.15. The van der Waals surface area contributed by atoms with Crippen molar-refractivity contribution in [3.05, 3.63) is 29.8 Å². The van der Waals surface area contributed by atoms with Gasteiger partial charge in [-0.05, 0) is 31.9 Å². The van der Waals surface area contributed by atoms with Crippen molar-refractivity contribution in [2.75, 3.05) is 18.4 Å². The number of amides is 2. The van der Waals surface area contributed by atoms with Gasteiger partial charge in [-0.25, -0.2) is 4.79 Å². The second kappa shape index (κ2) is 5.08. The van der Waals surface area contributed by atoms with Crippen LogP contribution in [0.25, 0.3) is 0 Å². The number of urea groups is 1. The van der Waals surface area contributed by atoms with E-state index in [0.29, 0.717) is 6.04 Å². The van der Waals surface area contributed by atoms with E-state index in [-0.39, 0.29) is 6.03 Å². The molecule has 3 N–H and O–H groups in total. The maximum Gasteiger partial charge on any atom is 0.314 e. The Morgan fingerprint density at radius 3 is 2.41 bits per heavy atom. The van der Waals surface area contributed by atoms with Gasteiger partial charge in [-0.3, -0.25) is 0 Å². The predicted molar refractivity (Wildman–Crippen MR) is 69.0 cm³/mol. The molecule has 0 bridgehead atoms. The molecule has 17 heavy (non-hydrogen) atoms. The summed E-state index contributed by atoms with van der Waals surface area (Å²) in [5.41, 5.74) is 7.66. The first-order valence-corrected chi connectivity index (χ1v) is 6.03. The fourth-order valence-electron chi connectivity index (χ4n) is 2.13. The van der Waals surface area contributed by atoms with E-state index in [1.165, 1.54) is 5.56 Å². The minimum atomic E-state index is -0.307. The summed E-state index contributed by atoms with van der Waals surface area (Å²) in [6, 6.07) is 8.51. The first-order valence-electron chi connectivity index (χ1n) is 6.03. The van der Waals surface area contributed by atoms with Crippen molar-refractivity contribution >= 4 is 11.7 Å². The predicted octanol–water partition coefficient (Wildman–Crippen LogP) is 1.95. The Balaban J connectivity index is 1.85. The molecule has 1 aliphatic rings. The second-order valence-corrected chi connectivity index (χ2v) is 4.61. The molecule has 1 aromatic rings. The first kappa shape index (κ1) is 11.8. The van der Waals surface area contributed by atoms with Gasteiger partial charge in [0.05, 0.1) is 0 Å². The van der Waals surface area contributed by atoms with Crippen molar-refractivity contribution in [1.82, 2.24) is 4.90 Å². The van der Waals surface area contributed by atoms with Crippen LogP contribution >= 0.6 is 0 Å². The number of hydrogen-bond acceptors (Lipinski definition) is 2. The van der Waals surface area contributed by atoms with E-state index in [9.17, 15) is 4.79 Å². The third kappa shape index (κ3) is 3.12. The zero-order valence-electron chi connectivity index (χ0n) is 10.1. The van der Waals surface area contributed by atoms with Crippen molar-refractivity contribution in [2.45, 2.75) is 25.8 Å². The van der Waals surface area contributed by atoms with Crippen molar-refractivity contribution < 1.29 is 4.79 Å². The summed E-state index contributed by atoms with van der Waals surface area (Å²) < 4.78 is 0. The smallest absolute Gasteiger partial charge is 0.314 e. The lowest BCUT2D eigenvalue weighted by molar-refractivity contribution is 0.193. The van der Waals surface area contributed by atoms with Crippen LogP contribution in [0.15, 0.2) is 24.3 Å². The number of nitrogens with one attached hydrogen (secondary N) is 1. The molecule has 2 amide bonds. The van der Waals surface area contributed by atoms with Crippen LogP contribution in [-0.2, 0) is 0 Å². The van der Waals surface area contributed by atoms with Crippen LogP contribution < -0.4 is 11.1 Å². The molecule has 0 saturated carbocycles. The highest BCUT2D eigenvalue weighted by atomic mass is 16.2. The number of benzene rings is 1. The number of aryl methyl sites for hydroxylation is 1. The Labute approximate surface area is 102 Å². The summed E-state index contributed by atoms with van der Waals surface area (Å²) in [6.45, 7) is 3.58. The molecule has 1 saturated heterocycles. The number of hydrogen-bond donors (Lipinski definition) is 2. The molecule has 2 rings (SSSR count). The number of carbonyl (C=O) groups excluding carboxylic acids is 1. The highest BCUT2D eigenvalue weighted by Crippen LogP contribution is 2.16. The van der Waals surface area contributed by atoms with Gasteiger partial charge in [0.2, 0.25) is 0 Å². The van der Waals surface area contributed by atoms with Crippen LogP contribution in [0.1, 0.15) is 18.4 Å². The summed E-state index contributed by atoms with van der Waals surface area (Å²) >= 11 is 0. The van der Waals surface area contributed by atoms with E-state index in [4.69, 9.17) is 5.73 Å². The molecule has 0 atom stereocenters. The third-order valence-electron chi connectivity index (χ3n) is 3.23. The van der Waals surface area contributed by atoms with E-state index in [1.807, 2.05) is 0 Å². The zero-order chi connectivity index (χ0) is 12.3. The van der Waals surface area contributed by atoms with Crippen LogP contribution in [0.3, 0.4) is 0 Å². The van der Waals surface area contributed by atoms with Gasteiger partial charge in [-0.15, -0.1) is 0 Å². The molecular weight excluding hydrogens is 214 g/mol. The van der Waals surface area contributed by atoms with Gasteiger partial charge in [0, 0.05) is 24.8 Å². The lowest BCUT2D eigenvalue weighted by Crippen LogP contribution is -2.44. The maximum atomic E-state index is 11.0. The van der Waals surface area contributed by atoms with E-state index in [1.54, 1.807) is 4.90 Å². The lowest BCUT2D eigenvalue weighted by atomic mass is 10.0. The Kier molecular flexibility index (Phi) is 3.52. The van der Waals surface area contributed by atoms with E-state index in [0.717, 1.165) is 31.6 Å². The summed E-state index contributed by atoms with van der Waals surface area (Å²) in [6.07, 6.45) is 1.91. The average Bonchev–Trinajstić information content (AvgIpc) is 2.33. The van der Waals surface area contributed by atoms with Crippen molar-refractivity contribution in [3.8, 4) is 0 Å². The van der Waals surface area contributed by atoms with Crippen molar-refractivity contribution in [3.63, 3.8) is 0 Å². The van der Waals surface area contributed by atoms with Gasteiger partial charge in [-0.2, -0.15) is 0 Å². The number of nitrogens with two attached hydrogens (primary N) is 1. The number of carbonyl (C=O) groups is 1. The maximum absolute atomic E-state index is 11.0. The largest absolute Gasteiger partial charge is 0.382 e. The topological polar surface area (TPSA) is 58.4 Å². The number of primary amides is 1. The molecule has 1 aromatic carbocycles. The average molecular weight is 233 g/mol. The van der Waals surface area contributed by atoms with Crippen LogP contribution in [0, 0.1) is 6.92 Å². The Morgan fingerprint density at radius 1 is 1.29 bits per heavy atom. The van der Waals surface area contributed by atoms with E-state index < -0.39 is 0 Å². The second-order valence-electron chi connectivity index (χ2n) is 4.61. The molecule has 4 nitrogen and oxygen atoms in total. The molecular formula is C13H19N3O. The molecule has 0 spiro atoms. The molecule has 1 aliphatic heterocycles. The fraction of sp³-hybridized carbons (Fsp3) is 0.462. The van der Waals surface area contributed by atoms with Crippen LogP contribution in [0.4, 0.5) is 10.5 Å². The zero-order valence-corrected chi connectivity index (χ0v) is 10.1. The molecule has 0 unspecified atom stereocenters. The van der Waals surface area contributed by atoms with Gasteiger partial charge in [0.25, 0.3) is 0 Å². The Hall–Kier alpha value is -1.71. The van der Waals surface area contributed by atoms with Crippen molar-refractivity contribution in [1.29, 1.82) is 0 Å². The van der Waals surface area contributed by atoms with Gasteiger partial charge in [0.1, 0.15) is 0 Å². The number of piperidine rings is 1. The van der Waals surface area contributed by atoms with Crippen LogP contribution in [-0.4, -0.2) is 30.1 Å². The number of likely N-dealkylation sites (tertiary alicyclic amines) is 1. The molecule has 1 heterocycles. The van der Waals surface area contributed by atoms with Gasteiger partial charge < -0.3 is 16.0 Å². The Bertz CT molecular complexity index is 380.